The first kappa shape index (κ1) is 12.5. The average molecular weight is 271 g/mol. The Morgan fingerprint density at radius 3 is 2.89 bits per heavy atom. The van der Waals surface area contributed by atoms with Crippen molar-refractivity contribution in [1.29, 1.82) is 0 Å². The molecule has 2 aromatic rings. The van der Waals surface area contributed by atoms with Crippen LogP contribution in [0, 0.1) is 5.82 Å². The average Bonchev–Trinajstić information content (AvgIpc) is 2.75. The molecule has 0 radical (unpaired) electrons. The molecule has 0 aliphatic rings. The van der Waals surface area contributed by atoms with E-state index in [0.29, 0.717) is 5.56 Å². The number of carboxylic acids is 1. The van der Waals surface area contributed by atoms with Crippen molar-refractivity contribution in [2.24, 2.45) is 0 Å². The molecule has 0 spiro atoms. The first-order chi connectivity index (χ1) is 8.56. The van der Waals surface area contributed by atoms with E-state index >= 15 is 0 Å². The maximum atomic E-state index is 12.9. The molecule has 1 heterocycles. The van der Waals surface area contributed by atoms with Gasteiger partial charge in [-0.25, -0.2) is 4.39 Å². The van der Waals surface area contributed by atoms with Crippen LogP contribution >= 0.6 is 11.6 Å². The Balaban J connectivity index is 2.21. The van der Waals surface area contributed by atoms with Crippen LogP contribution in [-0.2, 0) is 11.2 Å². The number of rotatable bonds is 4. The van der Waals surface area contributed by atoms with Crippen LogP contribution in [0.3, 0.4) is 0 Å². The number of carboxylic acid groups (broad SMARTS) is 1. The van der Waals surface area contributed by atoms with E-state index in [1.54, 1.807) is 0 Å². The number of aliphatic carboxylic acids is 1. The van der Waals surface area contributed by atoms with Gasteiger partial charge < -0.3 is 9.52 Å². The summed E-state index contributed by atoms with van der Waals surface area (Å²) in [7, 11) is 0. The van der Waals surface area contributed by atoms with Gasteiger partial charge >= 0.3 is 5.97 Å². The van der Waals surface area contributed by atoms with Crippen molar-refractivity contribution in [3.8, 4) is 11.5 Å². The summed E-state index contributed by atoms with van der Waals surface area (Å²) in [5.41, 5.74) is 0.409. The summed E-state index contributed by atoms with van der Waals surface area (Å²) in [5.74, 6) is -1.07. The minimum atomic E-state index is -0.949. The van der Waals surface area contributed by atoms with E-state index in [4.69, 9.17) is 21.1 Å². The molecule has 7 heteroatoms. The van der Waals surface area contributed by atoms with E-state index in [2.05, 4.69) is 10.2 Å². The first-order valence-electron chi connectivity index (χ1n) is 5.06. The van der Waals surface area contributed by atoms with E-state index in [1.165, 1.54) is 12.1 Å². The minimum absolute atomic E-state index is 0.0984. The third-order valence-corrected chi connectivity index (χ3v) is 2.49. The molecule has 0 saturated heterocycles. The molecule has 1 aromatic carbocycles. The molecule has 0 fully saturated rings. The Bertz CT molecular complexity index is 585. The lowest BCUT2D eigenvalue weighted by Gasteiger charge is -1.98. The molecule has 0 aliphatic carbocycles. The van der Waals surface area contributed by atoms with Gasteiger partial charge in [0.15, 0.2) is 0 Å². The Labute approximate surface area is 106 Å². The van der Waals surface area contributed by atoms with E-state index in [0.717, 1.165) is 6.07 Å². The lowest BCUT2D eigenvalue weighted by molar-refractivity contribution is -0.137. The highest BCUT2D eigenvalue weighted by atomic mass is 35.5. The van der Waals surface area contributed by atoms with Gasteiger partial charge in [-0.05, 0) is 18.2 Å². The molecule has 0 saturated carbocycles. The predicted octanol–water partition coefficient (Wildman–Crippen LogP) is 2.55. The summed E-state index contributed by atoms with van der Waals surface area (Å²) in [4.78, 5) is 10.4. The van der Waals surface area contributed by atoms with Crippen LogP contribution in [0.4, 0.5) is 4.39 Å². The molecule has 2 rings (SSSR count). The van der Waals surface area contributed by atoms with Gasteiger partial charge in [0.1, 0.15) is 5.82 Å². The van der Waals surface area contributed by atoms with Crippen molar-refractivity contribution < 1.29 is 18.7 Å². The van der Waals surface area contributed by atoms with Crippen LogP contribution < -0.4 is 0 Å². The number of nitrogens with zero attached hydrogens (tertiary/aromatic N) is 2. The van der Waals surface area contributed by atoms with Crippen molar-refractivity contribution >= 4 is 17.6 Å². The van der Waals surface area contributed by atoms with Crippen molar-refractivity contribution in [3.63, 3.8) is 0 Å². The number of aromatic nitrogens is 2. The van der Waals surface area contributed by atoms with Crippen LogP contribution in [0.5, 0.6) is 0 Å². The zero-order valence-corrected chi connectivity index (χ0v) is 9.82. The van der Waals surface area contributed by atoms with Gasteiger partial charge in [-0.1, -0.05) is 11.6 Å². The highest BCUT2D eigenvalue weighted by molar-refractivity contribution is 6.33. The highest BCUT2D eigenvalue weighted by Gasteiger charge is 2.13. The van der Waals surface area contributed by atoms with Crippen molar-refractivity contribution in [3.05, 3.63) is 34.9 Å². The van der Waals surface area contributed by atoms with Crippen molar-refractivity contribution in [2.45, 2.75) is 12.8 Å². The quantitative estimate of drug-likeness (QED) is 0.924. The van der Waals surface area contributed by atoms with Crippen LogP contribution in [0.25, 0.3) is 11.5 Å². The summed E-state index contributed by atoms with van der Waals surface area (Å²) < 4.78 is 18.1. The molecule has 0 atom stereocenters. The van der Waals surface area contributed by atoms with Crippen molar-refractivity contribution in [1.82, 2.24) is 10.2 Å². The third-order valence-electron chi connectivity index (χ3n) is 2.18. The number of carbonyl (C=O) groups is 1. The Hall–Kier alpha value is -1.95. The molecule has 0 bridgehead atoms. The number of aryl methyl sites for hydroxylation is 1. The van der Waals surface area contributed by atoms with E-state index in [1.807, 2.05) is 0 Å². The summed E-state index contributed by atoms with van der Waals surface area (Å²) in [5, 5.41) is 16.1. The minimum Gasteiger partial charge on any atom is -0.481 e. The molecule has 0 unspecified atom stereocenters. The third kappa shape index (κ3) is 2.84. The van der Waals surface area contributed by atoms with E-state index in [-0.39, 0.29) is 29.6 Å². The fourth-order valence-corrected chi connectivity index (χ4v) is 1.59. The molecular weight excluding hydrogens is 263 g/mol. The van der Waals surface area contributed by atoms with Crippen LogP contribution in [-0.4, -0.2) is 21.3 Å². The number of hydrogen-bond donors (Lipinski definition) is 1. The fourth-order valence-electron chi connectivity index (χ4n) is 1.34. The second-order valence-corrected chi connectivity index (χ2v) is 3.93. The van der Waals surface area contributed by atoms with Gasteiger partial charge in [0, 0.05) is 6.42 Å². The Kier molecular flexibility index (Phi) is 3.57. The van der Waals surface area contributed by atoms with Crippen LogP contribution in [0.2, 0.25) is 5.02 Å². The second kappa shape index (κ2) is 5.14. The Morgan fingerprint density at radius 2 is 2.22 bits per heavy atom. The van der Waals surface area contributed by atoms with Crippen molar-refractivity contribution in [2.75, 3.05) is 0 Å². The smallest absolute Gasteiger partial charge is 0.303 e. The van der Waals surface area contributed by atoms with Gasteiger partial charge in [0.05, 0.1) is 17.0 Å². The zero-order chi connectivity index (χ0) is 13.1. The zero-order valence-electron chi connectivity index (χ0n) is 9.06. The SMILES string of the molecule is O=C(O)CCc1nnc(-c2ccc(F)cc2Cl)o1. The maximum Gasteiger partial charge on any atom is 0.303 e. The number of hydrogen-bond acceptors (Lipinski definition) is 4. The molecule has 5 nitrogen and oxygen atoms in total. The summed E-state index contributed by atoms with van der Waals surface area (Å²) in [6, 6.07) is 3.78. The summed E-state index contributed by atoms with van der Waals surface area (Å²) in [6.07, 6.45) is 0.0416. The lowest BCUT2D eigenvalue weighted by Crippen LogP contribution is -1.97. The molecule has 0 amide bonds. The normalized spacial score (nSPS) is 10.6. The van der Waals surface area contributed by atoms with E-state index < -0.39 is 11.8 Å². The van der Waals surface area contributed by atoms with Gasteiger partial charge in [-0.15, -0.1) is 10.2 Å². The monoisotopic (exact) mass is 270 g/mol. The van der Waals surface area contributed by atoms with Gasteiger partial charge in [-0.2, -0.15) is 0 Å². The van der Waals surface area contributed by atoms with Crippen LogP contribution in [0.15, 0.2) is 22.6 Å². The predicted molar refractivity (Wildman–Crippen MR) is 60.7 cm³/mol. The molecule has 1 aromatic heterocycles. The number of benzene rings is 1. The summed E-state index contributed by atoms with van der Waals surface area (Å²) in [6.45, 7) is 0. The van der Waals surface area contributed by atoms with Gasteiger partial charge in [0.25, 0.3) is 0 Å². The standard InChI is InChI=1S/C11H8ClFN2O3/c12-8-5-6(13)1-2-7(8)11-15-14-9(18-11)3-4-10(16)17/h1-2,5H,3-4H2,(H,16,17). The maximum absolute atomic E-state index is 12.9. The van der Waals surface area contributed by atoms with E-state index in [9.17, 15) is 9.18 Å². The summed E-state index contributed by atoms with van der Waals surface area (Å²) >= 11 is 5.84. The lowest BCUT2D eigenvalue weighted by atomic mass is 10.2. The first-order valence-corrected chi connectivity index (χ1v) is 5.43. The molecule has 1 N–H and O–H groups in total. The van der Waals surface area contributed by atoms with Crippen LogP contribution in [0.1, 0.15) is 12.3 Å². The highest BCUT2D eigenvalue weighted by Crippen LogP contribution is 2.27. The molecule has 18 heavy (non-hydrogen) atoms. The van der Waals surface area contributed by atoms with Gasteiger partial charge in [0.2, 0.25) is 11.8 Å². The number of halogens is 2. The van der Waals surface area contributed by atoms with Gasteiger partial charge in [-0.3, -0.25) is 4.79 Å². The fraction of sp³-hybridized carbons (Fsp3) is 0.182. The Morgan fingerprint density at radius 1 is 1.44 bits per heavy atom. The molecule has 0 aliphatic heterocycles. The largest absolute Gasteiger partial charge is 0.481 e. The molecule has 94 valence electrons. The molecular formula is C11H8ClFN2O3. The second-order valence-electron chi connectivity index (χ2n) is 3.52. The topological polar surface area (TPSA) is 76.2 Å².